The van der Waals surface area contributed by atoms with Crippen LogP contribution in [-0.2, 0) is 20.8 Å². The maximum atomic E-state index is 13.0. The van der Waals surface area contributed by atoms with Gasteiger partial charge in [-0.3, -0.25) is 15.0 Å². The first-order chi connectivity index (χ1) is 17.0. The second-order valence-corrected chi connectivity index (χ2v) is 8.32. The van der Waals surface area contributed by atoms with Gasteiger partial charge in [-0.2, -0.15) is 0 Å². The summed E-state index contributed by atoms with van der Waals surface area (Å²) in [6.07, 6.45) is 0.353. The van der Waals surface area contributed by atoms with Crippen LogP contribution in [0.5, 0.6) is 5.75 Å². The van der Waals surface area contributed by atoms with Crippen LogP contribution in [0, 0.1) is 5.41 Å². The Hall–Kier alpha value is -4.21. The highest BCUT2D eigenvalue weighted by Gasteiger charge is 2.44. The number of amidine groups is 1. The lowest BCUT2D eigenvalue weighted by Gasteiger charge is -2.39. The third-order valence-corrected chi connectivity index (χ3v) is 6.09. The molecule has 0 bridgehead atoms. The Morgan fingerprint density at radius 1 is 0.944 bits per heavy atom. The Morgan fingerprint density at radius 2 is 1.53 bits per heavy atom. The van der Waals surface area contributed by atoms with Crippen LogP contribution in [-0.4, -0.2) is 51.7 Å². The fourth-order valence-corrected chi connectivity index (χ4v) is 3.99. The number of nitrogens with two attached hydrogens (primary N) is 2. The van der Waals surface area contributed by atoms with E-state index in [1.165, 1.54) is 4.90 Å². The van der Waals surface area contributed by atoms with Crippen molar-refractivity contribution in [3.05, 3.63) is 65.2 Å². The molecule has 0 aliphatic carbocycles. The average Bonchev–Trinajstić information content (AvgIpc) is 2.85. The monoisotopic (exact) mass is 496 g/mol. The van der Waals surface area contributed by atoms with Crippen LogP contribution in [0.1, 0.15) is 61.0 Å². The van der Waals surface area contributed by atoms with Gasteiger partial charge in [-0.15, -0.1) is 0 Å². The number of carboxylic acids is 1. The number of carbonyl (C=O) groups is 4. The summed E-state index contributed by atoms with van der Waals surface area (Å²) < 4.78 is 5.33. The number of nitrogen functional groups attached to an aromatic ring is 1. The molecule has 0 radical (unpaired) electrons. The highest BCUT2D eigenvalue weighted by atomic mass is 16.5. The zero-order chi connectivity index (χ0) is 26.9. The summed E-state index contributed by atoms with van der Waals surface area (Å²) in [7, 11) is 0. The molecule has 6 N–H and O–H groups in total. The molecule has 0 saturated carbocycles. The molecular weight excluding hydrogens is 464 g/mol. The predicted octanol–water partition coefficient (Wildman–Crippen LogP) is 2.47. The lowest BCUT2D eigenvalue weighted by molar-refractivity contribution is -0.160. The van der Waals surface area contributed by atoms with Crippen molar-refractivity contribution in [1.82, 2.24) is 4.90 Å². The second kappa shape index (κ2) is 12.5. The molecule has 0 aromatic heterocycles. The van der Waals surface area contributed by atoms with Gasteiger partial charge in [0.15, 0.2) is 0 Å². The number of benzene rings is 2. The minimum atomic E-state index is -1.50. The standard InChI is InChI=1S/C26H32N4O6/c1-3-26(25(34)35,16-15-21(27)31)30(4-2)22(32)14-7-17-5-8-19(9-6-17)24(33)36-20-12-10-18(11-13-20)23(28)29/h5-6,8-13H,3-4,7,14-16H2,1-2H3,(H2,27,31)(H3,28,29)(H,34,35)/t26-/m0/s1. The number of hydrogen-bond acceptors (Lipinski definition) is 6. The van der Waals surface area contributed by atoms with Crippen molar-refractivity contribution in [2.24, 2.45) is 11.5 Å². The number of aryl methyl sites for hydroxylation is 1. The maximum Gasteiger partial charge on any atom is 0.343 e. The normalized spacial score (nSPS) is 12.3. The van der Waals surface area contributed by atoms with E-state index in [4.69, 9.17) is 21.6 Å². The first kappa shape index (κ1) is 28.0. The molecule has 0 fully saturated rings. The van der Waals surface area contributed by atoms with Gasteiger partial charge in [0.25, 0.3) is 0 Å². The fraction of sp³-hybridized carbons (Fsp3) is 0.346. The summed E-state index contributed by atoms with van der Waals surface area (Å²) in [6.45, 7) is 3.54. The largest absolute Gasteiger partial charge is 0.479 e. The van der Waals surface area contributed by atoms with E-state index in [1.54, 1.807) is 62.4 Å². The number of aliphatic carboxylic acids is 1. The van der Waals surface area contributed by atoms with Gasteiger partial charge in [0.2, 0.25) is 11.8 Å². The molecule has 0 spiro atoms. The predicted molar refractivity (Wildman–Crippen MR) is 134 cm³/mol. The Morgan fingerprint density at radius 3 is 2.00 bits per heavy atom. The van der Waals surface area contributed by atoms with Crippen molar-refractivity contribution in [3.63, 3.8) is 0 Å². The third-order valence-electron chi connectivity index (χ3n) is 6.09. The van der Waals surface area contributed by atoms with Crippen LogP contribution in [0.2, 0.25) is 0 Å². The molecule has 0 saturated heterocycles. The highest BCUT2D eigenvalue weighted by Crippen LogP contribution is 2.27. The van der Waals surface area contributed by atoms with Crippen molar-refractivity contribution in [3.8, 4) is 5.75 Å². The SMILES string of the molecule is CCN(C(=O)CCc1ccc(C(=O)Oc2ccc(C(=N)N)cc2)cc1)[C@@](CC)(CCC(N)=O)C(=O)O. The van der Waals surface area contributed by atoms with Crippen LogP contribution in [0.15, 0.2) is 48.5 Å². The minimum absolute atomic E-state index is 0.0535. The summed E-state index contributed by atoms with van der Waals surface area (Å²) in [5.41, 5.74) is 10.8. The summed E-state index contributed by atoms with van der Waals surface area (Å²) >= 11 is 0. The maximum absolute atomic E-state index is 13.0. The molecule has 1 atom stereocenters. The molecule has 2 rings (SSSR count). The number of amides is 2. The number of esters is 1. The van der Waals surface area contributed by atoms with Crippen LogP contribution in [0.25, 0.3) is 0 Å². The van der Waals surface area contributed by atoms with E-state index in [-0.39, 0.29) is 44.0 Å². The summed E-state index contributed by atoms with van der Waals surface area (Å²) in [5, 5.41) is 17.3. The molecule has 10 nitrogen and oxygen atoms in total. The quantitative estimate of drug-likeness (QED) is 0.142. The van der Waals surface area contributed by atoms with E-state index in [0.717, 1.165) is 5.56 Å². The van der Waals surface area contributed by atoms with Gasteiger partial charge in [0.1, 0.15) is 17.1 Å². The third kappa shape index (κ3) is 6.91. The van der Waals surface area contributed by atoms with Gasteiger partial charge < -0.3 is 26.2 Å². The number of rotatable bonds is 13. The summed E-state index contributed by atoms with van der Waals surface area (Å²) in [4.78, 5) is 50.1. The molecule has 0 unspecified atom stereocenters. The number of ether oxygens (including phenoxy) is 1. The molecular formula is C26H32N4O6. The van der Waals surface area contributed by atoms with Crippen LogP contribution in [0.3, 0.4) is 0 Å². The molecule has 192 valence electrons. The minimum Gasteiger partial charge on any atom is -0.479 e. The van der Waals surface area contributed by atoms with Crippen molar-refractivity contribution in [2.45, 2.75) is 51.5 Å². The zero-order valence-electron chi connectivity index (χ0n) is 20.5. The van der Waals surface area contributed by atoms with Crippen LogP contribution >= 0.6 is 0 Å². The van der Waals surface area contributed by atoms with Crippen molar-refractivity contribution >= 4 is 29.6 Å². The van der Waals surface area contributed by atoms with Gasteiger partial charge in [0.05, 0.1) is 5.56 Å². The Labute approximate surface area is 209 Å². The summed E-state index contributed by atoms with van der Waals surface area (Å²) in [6, 6.07) is 12.8. The number of likely N-dealkylation sites (N-methyl/N-ethyl adjacent to an activating group) is 1. The van der Waals surface area contributed by atoms with Crippen molar-refractivity contribution < 1.29 is 29.0 Å². The second-order valence-electron chi connectivity index (χ2n) is 8.32. The molecule has 0 aliphatic rings. The smallest absolute Gasteiger partial charge is 0.343 e. The van der Waals surface area contributed by atoms with Gasteiger partial charge in [-0.25, -0.2) is 9.59 Å². The van der Waals surface area contributed by atoms with E-state index in [0.29, 0.717) is 23.3 Å². The van der Waals surface area contributed by atoms with Gasteiger partial charge in [0, 0.05) is 24.9 Å². The molecule has 0 heterocycles. The number of carboxylic acid groups (broad SMARTS) is 1. The van der Waals surface area contributed by atoms with Crippen molar-refractivity contribution in [2.75, 3.05) is 6.54 Å². The van der Waals surface area contributed by atoms with E-state index >= 15 is 0 Å². The van der Waals surface area contributed by atoms with Gasteiger partial charge in [-0.05, 0) is 68.1 Å². The number of nitrogens with zero attached hydrogens (tertiary/aromatic N) is 1. The molecule has 2 aromatic carbocycles. The molecule has 2 aromatic rings. The van der Waals surface area contributed by atoms with E-state index in [1.807, 2.05) is 0 Å². The molecule has 36 heavy (non-hydrogen) atoms. The number of hydrogen-bond donors (Lipinski definition) is 4. The van der Waals surface area contributed by atoms with E-state index < -0.39 is 23.4 Å². The van der Waals surface area contributed by atoms with E-state index in [2.05, 4.69) is 0 Å². The fourth-order valence-electron chi connectivity index (χ4n) is 3.99. The Bertz CT molecular complexity index is 1110. The Kier molecular flexibility index (Phi) is 9.72. The topological polar surface area (TPSA) is 177 Å². The molecule has 0 aliphatic heterocycles. The Balaban J connectivity index is 2.04. The van der Waals surface area contributed by atoms with Gasteiger partial charge >= 0.3 is 11.9 Å². The lowest BCUT2D eigenvalue weighted by Crippen LogP contribution is -2.57. The number of nitrogens with one attached hydrogen (secondary N) is 1. The number of carbonyl (C=O) groups excluding carboxylic acids is 3. The zero-order valence-corrected chi connectivity index (χ0v) is 20.5. The van der Waals surface area contributed by atoms with E-state index in [9.17, 15) is 24.3 Å². The first-order valence-electron chi connectivity index (χ1n) is 11.6. The van der Waals surface area contributed by atoms with Gasteiger partial charge in [-0.1, -0.05) is 19.1 Å². The highest BCUT2D eigenvalue weighted by molar-refractivity contribution is 5.95. The summed E-state index contributed by atoms with van der Waals surface area (Å²) in [5.74, 6) is -2.46. The van der Waals surface area contributed by atoms with Crippen molar-refractivity contribution in [1.29, 1.82) is 5.41 Å². The average molecular weight is 497 g/mol. The number of primary amides is 1. The lowest BCUT2D eigenvalue weighted by atomic mass is 9.87. The van der Waals surface area contributed by atoms with Crippen LogP contribution < -0.4 is 16.2 Å². The van der Waals surface area contributed by atoms with Crippen LogP contribution in [0.4, 0.5) is 0 Å². The molecule has 10 heteroatoms. The first-order valence-corrected chi connectivity index (χ1v) is 11.6. The molecule has 2 amide bonds.